The molecule has 3 aromatic rings. The summed E-state index contributed by atoms with van der Waals surface area (Å²) in [7, 11) is 0. The number of piperazine rings is 1. The molecule has 2 amide bonds. The van der Waals surface area contributed by atoms with Gasteiger partial charge in [0.05, 0.1) is 16.2 Å². The van der Waals surface area contributed by atoms with Crippen LogP contribution in [0.3, 0.4) is 0 Å². The Bertz CT molecular complexity index is 1150. The van der Waals surface area contributed by atoms with Crippen LogP contribution < -0.4 is 10.2 Å². The Balaban J connectivity index is 1.52. The van der Waals surface area contributed by atoms with Crippen LogP contribution in [0.5, 0.6) is 0 Å². The van der Waals surface area contributed by atoms with Crippen molar-refractivity contribution < 1.29 is 13.6 Å². The summed E-state index contributed by atoms with van der Waals surface area (Å²) < 4.78 is 26.9. The zero-order valence-electron chi connectivity index (χ0n) is 16.6. The summed E-state index contributed by atoms with van der Waals surface area (Å²) in [6.07, 6.45) is 0.646. The second kappa shape index (κ2) is 8.80. The van der Waals surface area contributed by atoms with Gasteiger partial charge in [-0.15, -0.1) is 0 Å². The Morgan fingerprint density at radius 1 is 1.10 bits per heavy atom. The van der Waals surface area contributed by atoms with Crippen LogP contribution in [0.4, 0.5) is 25.1 Å². The summed E-state index contributed by atoms with van der Waals surface area (Å²) in [5.74, 6) is -0.136. The lowest BCUT2D eigenvalue weighted by molar-refractivity contribution is 0.208. The molecule has 1 aliphatic heterocycles. The third-order valence-electron chi connectivity index (χ3n) is 5.10. The largest absolute Gasteiger partial charge is 0.352 e. The Hall–Kier alpha value is -2.71. The zero-order valence-corrected chi connectivity index (χ0v) is 18.1. The second-order valence-electron chi connectivity index (χ2n) is 7.13. The molecule has 0 spiro atoms. The fourth-order valence-electron chi connectivity index (χ4n) is 3.49. The van der Waals surface area contributed by atoms with Crippen molar-refractivity contribution in [1.29, 1.82) is 0 Å². The maximum atomic E-state index is 13.8. The monoisotopic (exact) mass is 465 g/mol. The van der Waals surface area contributed by atoms with Gasteiger partial charge in [0, 0.05) is 49.1 Å². The highest BCUT2D eigenvalue weighted by molar-refractivity contribution is 6.38. The highest BCUT2D eigenvalue weighted by Crippen LogP contribution is 2.32. The predicted molar refractivity (Wildman–Crippen MR) is 118 cm³/mol. The van der Waals surface area contributed by atoms with Crippen molar-refractivity contribution in [2.75, 3.05) is 36.4 Å². The van der Waals surface area contributed by atoms with E-state index in [9.17, 15) is 13.6 Å². The SMILES string of the molecule is CCc1nc(N2CCN(C(=O)Nc3ccc(F)cc3F)CC2)c2cc(Cl)cc(Cl)c2n1. The van der Waals surface area contributed by atoms with Gasteiger partial charge in [0.25, 0.3) is 0 Å². The van der Waals surface area contributed by atoms with Crippen molar-refractivity contribution >= 4 is 51.6 Å². The van der Waals surface area contributed by atoms with E-state index in [1.807, 2.05) is 6.92 Å². The summed E-state index contributed by atoms with van der Waals surface area (Å²) in [5.41, 5.74) is 0.576. The van der Waals surface area contributed by atoms with Crippen LogP contribution in [-0.2, 0) is 6.42 Å². The third-order valence-corrected chi connectivity index (χ3v) is 5.61. The van der Waals surface area contributed by atoms with Gasteiger partial charge in [-0.25, -0.2) is 23.5 Å². The average Bonchev–Trinajstić information content (AvgIpc) is 2.75. The minimum absolute atomic E-state index is 0.0625. The first-order chi connectivity index (χ1) is 14.9. The molecular formula is C21H19Cl2F2N5O. The van der Waals surface area contributed by atoms with Gasteiger partial charge in [-0.1, -0.05) is 30.1 Å². The van der Waals surface area contributed by atoms with Gasteiger partial charge in [-0.05, 0) is 24.3 Å². The zero-order chi connectivity index (χ0) is 22.1. The number of rotatable bonds is 3. The number of nitrogens with one attached hydrogen (secondary N) is 1. The number of fused-ring (bicyclic) bond motifs is 1. The lowest BCUT2D eigenvalue weighted by Crippen LogP contribution is -2.50. The molecule has 1 aromatic heterocycles. The molecule has 31 heavy (non-hydrogen) atoms. The van der Waals surface area contributed by atoms with Gasteiger partial charge < -0.3 is 15.1 Å². The summed E-state index contributed by atoms with van der Waals surface area (Å²) in [4.78, 5) is 25.4. The van der Waals surface area contributed by atoms with Crippen LogP contribution in [-0.4, -0.2) is 47.1 Å². The lowest BCUT2D eigenvalue weighted by atomic mass is 10.2. The van der Waals surface area contributed by atoms with E-state index in [1.54, 1.807) is 17.0 Å². The van der Waals surface area contributed by atoms with Crippen molar-refractivity contribution in [2.45, 2.75) is 13.3 Å². The number of benzene rings is 2. The standard InChI is InChI=1S/C21H19Cl2F2N5O/c1-2-18-27-19-14(9-12(22)10-15(19)23)20(28-18)29-5-7-30(8-6-29)21(31)26-17-4-3-13(24)11-16(17)25/h3-4,9-11H,2,5-8H2,1H3,(H,26,31). The number of nitrogens with zero attached hydrogens (tertiary/aromatic N) is 4. The number of hydrogen-bond donors (Lipinski definition) is 1. The molecule has 2 heterocycles. The Labute approximate surface area is 187 Å². The van der Waals surface area contributed by atoms with Crippen LogP contribution in [0.25, 0.3) is 10.9 Å². The number of halogens is 4. The van der Waals surface area contributed by atoms with Crippen LogP contribution in [0, 0.1) is 11.6 Å². The number of hydrogen-bond acceptors (Lipinski definition) is 4. The first-order valence-corrected chi connectivity index (χ1v) is 10.5. The fraction of sp³-hybridized carbons (Fsp3) is 0.286. The molecule has 162 valence electrons. The molecule has 2 aromatic carbocycles. The smallest absolute Gasteiger partial charge is 0.322 e. The molecule has 6 nitrogen and oxygen atoms in total. The van der Waals surface area contributed by atoms with Gasteiger partial charge in [-0.3, -0.25) is 0 Å². The van der Waals surface area contributed by atoms with Gasteiger partial charge in [-0.2, -0.15) is 0 Å². The lowest BCUT2D eigenvalue weighted by Gasteiger charge is -2.36. The normalized spacial score (nSPS) is 14.2. The van der Waals surface area contributed by atoms with Gasteiger partial charge >= 0.3 is 6.03 Å². The maximum Gasteiger partial charge on any atom is 0.322 e. The second-order valence-corrected chi connectivity index (χ2v) is 7.97. The van der Waals surface area contributed by atoms with Crippen molar-refractivity contribution in [3.63, 3.8) is 0 Å². The molecule has 10 heteroatoms. The molecule has 0 unspecified atom stereocenters. The molecule has 0 radical (unpaired) electrons. The van der Waals surface area contributed by atoms with E-state index in [-0.39, 0.29) is 5.69 Å². The molecule has 1 N–H and O–H groups in total. The highest BCUT2D eigenvalue weighted by atomic mass is 35.5. The number of anilines is 2. The first-order valence-electron chi connectivity index (χ1n) is 9.77. The molecule has 1 saturated heterocycles. The molecule has 0 aliphatic carbocycles. The molecular weight excluding hydrogens is 447 g/mol. The average molecular weight is 466 g/mol. The predicted octanol–water partition coefficient (Wildman–Crippen LogP) is 5.13. The third kappa shape index (κ3) is 4.50. The van der Waals surface area contributed by atoms with Crippen molar-refractivity contribution in [2.24, 2.45) is 0 Å². The Morgan fingerprint density at radius 2 is 1.84 bits per heavy atom. The number of urea groups is 1. The van der Waals surface area contributed by atoms with Crippen molar-refractivity contribution in [3.8, 4) is 0 Å². The van der Waals surface area contributed by atoms with E-state index in [1.165, 1.54) is 6.07 Å². The number of aryl methyl sites for hydroxylation is 1. The van der Waals surface area contributed by atoms with Crippen LogP contribution >= 0.6 is 23.2 Å². The van der Waals surface area contributed by atoms with E-state index in [2.05, 4.69) is 20.2 Å². The van der Waals surface area contributed by atoms with Gasteiger partial charge in [0.1, 0.15) is 23.3 Å². The Morgan fingerprint density at radius 3 is 2.52 bits per heavy atom. The minimum atomic E-state index is -0.819. The summed E-state index contributed by atoms with van der Waals surface area (Å²) in [6, 6.07) is 6.02. The summed E-state index contributed by atoms with van der Waals surface area (Å²) in [6.45, 7) is 3.79. The van der Waals surface area contributed by atoms with Gasteiger partial charge in [0.15, 0.2) is 0 Å². The quantitative estimate of drug-likeness (QED) is 0.582. The van der Waals surface area contributed by atoms with E-state index in [0.717, 1.165) is 23.3 Å². The first kappa shape index (κ1) is 21.5. The van der Waals surface area contributed by atoms with Crippen molar-refractivity contribution in [3.05, 3.63) is 57.8 Å². The number of carbonyl (C=O) groups excluding carboxylic acids is 1. The summed E-state index contributed by atoms with van der Waals surface area (Å²) >= 11 is 12.6. The van der Waals surface area contributed by atoms with Gasteiger partial charge in [0.2, 0.25) is 0 Å². The molecule has 1 aliphatic rings. The van der Waals surface area contributed by atoms with E-state index in [0.29, 0.717) is 54.0 Å². The van der Waals surface area contributed by atoms with E-state index < -0.39 is 17.7 Å². The topological polar surface area (TPSA) is 61.4 Å². The number of carbonyl (C=O) groups is 1. The molecule has 0 atom stereocenters. The van der Waals surface area contributed by atoms with Crippen molar-refractivity contribution in [1.82, 2.24) is 14.9 Å². The molecule has 4 rings (SSSR count). The fourth-order valence-corrected chi connectivity index (χ4v) is 4.03. The molecule has 1 fully saturated rings. The van der Waals surface area contributed by atoms with E-state index >= 15 is 0 Å². The number of amides is 2. The van der Waals surface area contributed by atoms with E-state index in [4.69, 9.17) is 23.2 Å². The van der Waals surface area contributed by atoms with Crippen LogP contribution in [0.1, 0.15) is 12.7 Å². The van der Waals surface area contributed by atoms with Crippen LogP contribution in [0.15, 0.2) is 30.3 Å². The maximum absolute atomic E-state index is 13.8. The Kier molecular flexibility index (Phi) is 6.11. The van der Waals surface area contributed by atoms with Crippen LogP contribution in [0.2, 0.25) is 10.0 Å². The molecule has 0 saturated carbocycles. The minimum Gasteiger partial charge on any atom is -0.352 e. The highest BCUT2D eigenvalue weighted by Gasteiger charge is 2.25. The molecule has 0 bridgehead atoms. The summed E-state index contributed by atoms with van der Waals surface area (Å²) in [5, 5.41) is 4.19. The number of aromatic nitrogens is 2.